The second-order valence-corrected chi connectivity index (χ2v) is 4.43. The third-order valence-electron chi connectivity index (χ3n) is 2.83. The highest BCUT2D eigenvalue weighted by Crippen LogP contribution is 2.22. The van der Waals surface area contributed by atoms with Gasteiger partial charge in [-0.3, -0.25) is 4.79 Å². The van der Waals surface area contributed by atoms with Crippen LogP contribution in [0.15, 0.2) is 42.6 Å². The Morgan fingerprint density at radius 3 is 2.52 bits per heavy atom. The Morgan fingerprint density at radius 2 is 1.91 bits per heavy atom. The number of methoxy groups -OCH3 is 1. The van der Waals surface area contributed by atoms with Gasteiger partial charge in [0.15, 0.2) is 0 Å². The van der Waals surface area contributed by atoms with Crippen molar-refractivity contribution in [1.82, 2.24) is 10.3 Å². The summed E-state index contributed by atoms with van der Waals surface area (Å²) >= 11 is 0. The highest BCUT2D eigenvalue weighted by atomic mass is 19.4. The zero-order chi connectivity index (χ0) is 16.9. The molecule has 0 fully saturated rings. The van der Waals surface area contributed by atoms with E-state index in [2.05, 4.69) is 15.0 Å². The monoisotopic (exact) mass is 326 g/mol. The molecule has 0 saturated carbocycles. The van der Waals surface area contributed by atoms with Gasteiger partial charge in [-0.05, 0) is 30.3 Å². The number of hydrogen-bond donors (Lipinski definition) is 1. The predicted molar refractivity (Wildman–Crippen MR) is 75.1 cm³/mol. The van der Waals surface area contributed by atoms with Gasteiger partial charge < -0.3 is 14.8 Å². The molecule has 2 aromatic rings. The summed E-state index contributed by atoms with van der Waals surface area (Å²) in [6, 6.07) is 8.09. The molecule has 23 heavy (non-hydrogen) atoms. The minimum atomic E-state index is -4.76. The van der Waals surface area contributed by atoms with Gasteiger partial charge in [0.2, 0.25) is 5.88 Å². The van der Waals surface area contributed by atoms with Crippen molar-refractivity contribution < 1.29 is 27.4 Å². The highest BCUT2D eigenvalue weighted by molar-refractivity contribution is 5.94. The number of ether oxygens (including phenoxy) is 2. The molecular formula is C15H13F3N2O3. The first-order valence-corrected chi connectivity index (χ1v) is 6.51. The number of carbonyl (C=O) groups is 1. The molecule has 1 N–H and O–H groups in total. The lowest BCUT2D eigenvalue weighted by Crippen LogP contribution is -2.23. The zero-order valence-electron chi connectivity index (χ0n) is 12.1. The first kappa shape index (κ1) is 16.6. The fraction of sp³-hybridized carbons (Fsp3) is 0.200. The van der Waals surface area contributed by atoms with E-state index in [1.807, 2.05) is 0 Å². The number of nitrogens with zero attached hydrogens (tertiary/aromatic N) is 1. The van der Waals surface area contributed by atoms with Gasteiger partial charge in [-0.2, -0.15) is 0 Å². The Balaban J connectivity index is 1.98. The van der Waals surface area contributed by atoms with Crippen LogP contribution in [0.4, 0.5) is 13.2 Å². The summed E-state index contributed by atoms with van der Waals surface area (Å²) in [5, 5.41) is 2.64. The van der Waals surface area contributed by atoms with Gasteiger partial charge in [0.1, 0.15) is 5.75 Å². The van der Waals surface area contributed by atoms with Crippen LogP contribution >= 0.6 is 0 Å². The van der Waals surface area contributed by atoms with Gasteiger partial charge in [0, 0.05) is 23.9 Å². The van der Waals surface area contributed by atoms with Crippen molar-refractivity contribution >= 4 is 5.91 Å². The van der Waals surface area contributed by atoms with Crippen LogP contribution in [0.3, 0.4) is 0 Å². The summed E-state index contributed by atoms with van der Waals surface area (Å²) in [4.78, 5) is 16.0. The topological polar surface area (TPSA) is 60.5 Å². The number of hydrogen-bond acceptors (Lipinski definition) is 4. The van der Waals surface area contributed by atoms with E-state index in [9.17, 15) is 18.0 Å². The normalized spacial score (nSPS) is 11.0. The average Bonchev–Trinajstić information content (AvgIpc) is 2.52. The maximum Gasteiger partial charge on any atom is 0.573 e. The number of rotatable bonds is 5. The van der Waals surface area contributed by atoms with Gasteiger partial charge in [-0.1, -0.05) is 6.07 Å². The molecule has 8 heteroatoms. The van der Waals surface area contributed by atoms with Crippen LogP contribution in [0.2, 0.25) is 0 Å². The van der Waals surface area contributed by atoms with Gasteiger partial charge in [0.05, 0.1) is 7.11 Å². The fourth-order valence-corrected chi connectivity index (χ4v) is 1.83. The van der Waals surface area contributed by atoms with Gasteiger partial charge in [-0.15, -0.1) is 13.2 Å². The third-order valence-corrected chi connectivity index (χ3v) is 2.83. The standard InChI is InChI=1S/C15H13F3N2O3/c1-22-14-11(3-2-8-19-14)9-20-13(21)10-4-6-12(7-5-10)23-15(16,17)18/h2-8H,9H2,1H3,(H,20,21). The third kappa shape index (κ3) is 4.87. The lowest BCUT2D eigenvalue weighted by molar-refractivity contribution is -0.274. The molecule has 0 unspecified atom stereocenters. The van der Waals surface area contributed by atoms with Gasteiger partial charge >= 0.3 is 6.36 Å². The molecule has 1 aromatic carbocycles. The lowest BCUT2D eigenvalue weighted by Gasteiger charge is -2.10. The Hall–Kier alpha value is -2.77. The second kappa shape index (κ2) is 6.99. The van der Waals surface area contributed by atoms with Crippen molar-refractivity contribution in [2.45, 2.75) is 12.9 Å². The molecule has 1 heterocycles. The van der Waals surface area contributed by atoms with E-state index in [1.165, 1.54) is 19.2 Å². The van der Waals surface area contributed by atoms with Gasteiger partial charge in [-0.25, -0.2) is 4.98 Å². The molecule has 122 valence electrons. The minimum Gasteiger partial charge on any atom is -0.481 e. The summed E-state index contributed by atoms with van der Waals surface area (Å²) in [6.07, 6.45) is -3.20. The van der Waals surface area contributed by atoms with Crippen LogP contribution < -0.4 is 14.8 Å². The zero-order valence-corrected chi connectivity index (χ0v) is 12.1. The van der Waals surface area contributed by atoms with Crippen LogP contribution in [0.25, 0.3) is 0 Å². The summed E-state index contributed by atoms with van der Waals surface area (Å²) < 4.78 is 45.0. The van der Waals surface area contributed by atoms with Crippen molar-refractivity contribution in [2.75, 3.05) is 7.11 Å². The fourth-order valence-electron chi connectivity index (χ4n) is 1.83. The molecule has 0 bridgehead atoms. The van der Waals surface area contributed by atoms with Crippen LogP contribution in [0.5, 0.6) is 11.6 Å². The predicted octanol–water partition coefficient (Wildman–Crippen LogP) is 2.92. The first-order valence-electron chi connectivity index (χ1n) is 6.51. The molecule has 0 spiro atoms. The van der Waals surface area contributed by atoms with Crippen LogP contribution in [0, 0.1) is 0 Å². The molecule has 1 amide bonds. The summed E-state index contributed by atoms with van der Waals surface area (Å²) in [6.45, 7) is 0.177. The molecule has 0 radical (unpaired) electrons. The Morgan fingerprint density at radius 1 is 1.22 bits per heavy atom. The molecule has 0 saturated heterocycles. The first-order chi connectivity index (χ1) is 10.9. The highest BCUT2D eigenvalue weighted by Gasteiger charge is 2.31. The van der Waals surface area contributed by atoms with Crippen LogP contribution in [-0.4, -0.2) is 24.4 Å². The number of halogens is 3. The van der Waals surface area contributed by atoms with Crippen molar-refractivity contribution in [1.29, 1.82) is 0 Å². The summed E-state index contributed by atoms with van der Waals surface area (Å²) in [5.41, 5.74) is 0.891. The van der Waals surface area contributed by atoms with Crippen molar-refractivity contribution in [3.05, 3.63) is 53.7 Å². The van der Waals surface area contributed by atoms with Crippen molar-refractivity contribution in [3.63, 3.8) is 0 Å². The quantitative estimate of drug-likeness (QED) is 0.918. The average molecular weight is 326 g/mol. The van der Waals surface area contributed by atoms with Crippen molar-refractivity contribution in [3.8, 4) is 11.6 Å². The van der Waals surface area contributed by atoms with Crippen LogP contribution in [-0.2, 0) is 6.54 Å². The van der Waals surface area contributed by atoms with Crippen molar-refractivity contribution in [2.24, 2.45) is 0 Å². The Labute approximate surface area is 130 Å². The van der Waals surface area contributed by atoms with E-state index in [4.69, 9.17) is 4.74 Å². The lowest BCUT2D eigenvalue weighted by atomic mass is 10.2. The van der Waals surface area contributed by atoms with E-state index in [0.717, 1.165) is 12.1 Å². The SMILES string of the molecule is COc1ncccc1CNC(=O)c1ccc(OC(F)(F)F)cc1. The smallest absolute Gasteiger partial charge is 0.481 e. The molecular weight excluding hydrogens is 313 g/mol. The van der Waals surface area contributed by atoms with E-state index in [0.29, 0.717) is 11.4 Å². The molecule has 0 aliphatic rings. The van der Waals surface area contributed by atoms with E-state index in [1.54, 1.807) is 18.3 Å². The van der Waals surface area contributed by atoms with E-state index < -0.39 is 12.3 Å². The number of benzene rings is 1. The second-order valence-electron chi connectivity index (χ2n) is 4.43. The van der Waals surface area contributed by atoms with E-state index >= 15 is 0 Å². The number of aromatic nitrogens is 1. The molecule has 0 atom stereocenters. The maximum absolute atomic E-state index is 12.1. The molecule has 1 aromatic heterocycles. The Bertz CT molecular complexity index is 672. The minimum absolute atomic E-state index is 0.177. The Kier molecular flexibility index (Phi) is 5.05. The maximum atomic E-state index is 12.1. The van der Waals surface area contributed by atoms with Gasteiger partial charge in [0.25, 0.3) is 5.91 Å². The number of pyridine rings is 1. The molecule has 2 rings (SSSR count). The number of nitrogens with one attached hydrogen (secondary N) is 1. The van der Waals surface area contributed by atoms with Crippen LogP contribution in [0.1, 0.15) is 15.9 Å². The number of carbonyl (C=O) groups excluding carboxylic acids is 1. The molecule has 5 nitrogen and oxygen atoms in total. The summed E-state index contributed by atoms with van der Waals surface area (Å²) in [5.74, 6) is -0.431. The van der Waals surface area contributed by atoms with E-state index in [-0.39, 0.29) is 17.9 Å². The summed E-state index contributed by atoms with van der Waals surface area (Å²) in [7, 11) is 1.47. The molecule has 0 aliphatic carbocycles. The number of alkyl halides is 3. The molecule has 0 aliphatic heterocycles. The number of amides is 1. The largest absolute Gasteiger partial charge is 0.573 e.